The zero-order chi connectivity index (χ0) is 24.8. The lowest BCUT2D eigenvalue weighted by atomic mass is 10.1. The van der Waals surface area contributed by atoms with E-state index in [0.717, 1.165) is 24.0 Å². The van der Waals surface area contributed by atoms with Crippen LogP contribution in [-0.4, -0.2) is 63.7 Å². The summed E-state index contributed by atoms with van der Waals surface area (Å²) in [7, 11) is 1.82. The molecule has 1 aromatic carbocycles. The fourth-order valence-electron chi connectivity index (χ4n) is 4.31. The van der Waals surface area contributed by atoms with Crippen molar-refractivity contribution in [2.24, 2.45) is 12.8 Å². The number of rotatable bonds is 9. The van der Waals surface area contributed by atoms with E-state index in [1.54, 1.807) is 34.0 Å². The molecular weight excluding hydrogens is 449 g/mol. The second-order valence-corrected chi connectivity index (χ2v) is 8.60. The van der Waals surface area contributed by atoms with E-state index in [-0.39, 0.29) is 30.2 Å². The minimum Gasteiger partial charge on any atom is -0.369 e. The van der Waals surface area contributed by atoms with Crippen LogP contribution < -0.4 is 16.4 Å². The van der Waals surface area contributed by atoms with Gasteiger partial charge in [0.25, 0.3) is 5.91 Å². The van der Waals surface area contributed by atoms with Crippen molar-refractivity contribution in [2.75, 3.05) is 31.5 Å². The van der Waals surface area contributed by atoms with Gasteiger partial charge < -0.3 is 21.3 Å². The second-order valence-electron chi connectivity index (χ2n) is 8.60. The van der Waals surface area contributed by atoms with Crippen molar-refractivity contribution < 1.29 is 14.0 Å². The first-order valence-electron chi connectivity index (χ1n) is 11.7. The highest BCUT2D eigenvalue weighted by Gasteiger charge is 2.28. The Morgan fingerprint density at radius 2 is 2.11 bits per heavy atom. The topological polar surface area (TPSA) is 118 Å². The molecule has 1 fully saturated rings. The number of pyridine rings is 1. The number of aromatic nitrogens is 3. The highest BCUT2D eigenvalue weighted by atomic mass is 19.1. The molecule has 0 radical (unpaired) electrons. The van der Waals surface area contributed by atoms with E-state index in [4.69, 9.17) is 5.73 Å². The lowest BCUT2D eigenvalue weighted by Gasteiger charge is -2.24. The number of carbonyl (C=O) groups excluding carboxylic acids is 2. The predicted molar refractivity (Wildman–Crippen MR) is 131 cm³/mol. The molecule has 184 valence electrons. The first-order chi connectivity index (χ1) is 16.9. The molecule has 35 heavy (non-hydrogen) atoms. The quantitative estimate of drug-likeness (QED) is 0.432. The Hall–Kier alpha value is -3.79. The van der Waals surface area contributed by atoms with Crippen molar-refractivity contribution in [3.63, 3.8) is 0 Å². The van der Waals surface area contributed by atoms with Crippen molar-refractivity contribution in [2.45, 2.75) is 25.3 Å². The van der Waals surface area contributed by atoms with Crippen molar-refractivity contribution in [1.82, 2.24) is 25.0 Å². The van der Waals surface area contributed by atoms with Gasteiger partial charge in [0.2, 0.25) is 5.91 Å². The van der Waals surface area contributed by atoms with Crippen LogP contribution in [0.15, 0.2) is 48.8 Å². The molecule has 2 amide bonds. The number of nitrogens with one attached hydrogen (secondary N) is 2. The molecule has 2 aromatic heterocycles. The van der Waals surface area contributed by atoms with Crippen LogP contribution in [0.5, 0.6) is 0 Å². The molecule has 3 aromatic rings. The van der Waals surface area contributed by atoms with E-state index in [2.05, 4.69) is 20.7 Å². The van der Waals surface area contributed by atoms with Gasteiger partial charge in [-0.15, -0.1) is 0 Å². The number of carbonyl (C=O) groups is 2. The summed E-state index contributed by atoms with van der Waals surface area (Å²) >= 11 is 0. The zero-order valence-electron chi connectivity index (χ0n) is 19.7. The highest BCUT2D eigenvalue weighted by molar-refractivity contribution is 5.99. The smallest absolute Gasteiger partial charge is 0.255 e. The molecule has 0 unspecified atom stereocenters. The number of nitrogens with zero attached hydrogens (tertiary/aromatic N) is 4. The Balaban J connectivity index is 1.49. The summed E-state index contributed by atoms with van der Waals surface area (Å²) in [5.74, 6) is -0.241. The van der Waals surface area contributed by atoms with E-state index in [1.165, 1.54) is 12.1 Å². The Kier molecular flexibility index (Phi) is 7.71. The number of aryl methyl sites for hydroxylation is 1. The van der Waals surface area contributed by atoms with Crippen LogP contribution in [0.1, 0.15) is 28.8 Å². The normalized spacial score (nSPS) is 15.3. The van der Waals surface area contributed by atoms with Gasteiger partial charge in [0.15, 0.2) is 0 Å². The van der Waals surface area contributed by atoms with Gasteiger partial charge in [-0.05, 0) is 49.1 Å². The van der Waals surface area contributed by atoms with Gasteiger partial charge >= 0.3 is 0 Å². The third kappa shape index (κ3) is 6.02. The fourth-order valence-corrected chi connectivity index (χ4v) is 4.31. The number of benzene rings is 1. The SMILES string of the molecule is Cn1cc(-c2ccc(C(=O)NC[C@H]3CCCN3C(=O)CN)c(NCCc3cccc(F)c3)n2)cn1. The maximum Gasteiger partial charge on any atom is 0.255 e. The number of hydrogen-bond acceptors (Lipinski definition) is 6. The Morgan fingerprint density at radius 1 is 1.26 bits per heavy atom. The summed E-state index contributed by atoms with van der Waals surface area (Å²) < 4.78 is 15.2. The average Bonchev–Trinajstić information content (AvgIpc) is 3.51. The van der Waals surface area contributed by atoms with Crippen molar-refractivity contribution in [1.29, 1.82) is 0 Å². The Morgan fingerprint density at radius 3 is 2.86 bits per heavy atom. The summed E-state index contributed by atoms with van der Waals surface area (Å²) in [6.45, 7) is 1.43. The third-order valence-corrected chi connectivity index (χ3v) is 6.11. The monoisotopic (exact) mass is 479 g/mol. The van der Waals surface area contributed by atoms with Gasteiger partial charge in [-0.1, -0.05) is 12.1 Å². The number of likely N-dealkylation sites (tertiary alicyclic amines) is 1. The number of hydrogen-bond donors (Lipinski definition) is 3. The molecule has 10 heteroatoms. The van der Waals surface area contributed by atoms with E-state index >= 15 is 0 Å². The molecule has 1 saturated heterocycles. The van der Waals surface area contributed by atoms with E-state index < -0.39 is 0 Å². The molecule has 0 aliphatic carbocycles. The van der Waals surface area contributed by atoms with E-state index in [9.17, 15) is 14.0 Å². The van der Waals surface area contributed by atoms with Gasteiger partial charge in [0.1, 0.15) is 11.6 Å². The van der Waals surface area contributed by atoms with Crippen LogP contribution in [0.4, 0.5) is 10.2 Å². The van der Waals surface area contributed by atoms with Crippen LogP contribution in [0.2, 0.25) is 0 Å². The molecule has 1 aliphatic rings. The first-order valence-corrected chi connectivity index (χ1v) is 11.7. The standard InChI is InChI=1S/C25H30FN7O2/c1-32-16-18(14-30-32)22-8-7-21(24(31-22)28-10-9-17-4-2-5-19(26)12-17)25(35)29-15-20-6-3-11-33(20)23(34)13-27/h2,4-5,7-8,12,14,16,20H,3,6,9-11,13,15,27H2,1H3,(H,28,31)(H,29,35)/t20-/m1/s1. The largest absolute Gasteiger partial charge is 0.369 e. The van der Waals surface area contributed by atoms with Crippen molar-refractivity contribution >= 4 is 17.6 Å². The first kappa shape index (κ1) is 24.3. The summed E-state index contributed by atoms with van der Waals surface area (Å²) in [5, 5.41) is 10.4. The molecule has 0 saturated carbocycles. The summed E-state index contributed by atoms with van der Waals surface area (Å²) in [6, 6.07) is 9.87. The highest BCUT2D eigenvalue weighted by Crippen LogP contribution is 2.22. The summed E-state index contributed by atoms with van der Waals surface area (Å²) in [6.07, 6.45) is 5.84. The number of halogens is 1. The van der Waals surface area contributed by atoms with Gasteiger partial charge in [0, 0.05) is 44.5 Å². The molecule has 0 spiro atoms. The number of amides is 2. The zero-order valence-corrected chi connectivity index (χ0v) is 19.7. The molecular formula is C25H30FN7O2. The lowest BCUT2D eigenvalue weighted by Crippen LogP contribution is -2.45. The number of anilines is 1. The maximum atomic E-state index is 13.5. The molecule has 4 N–H and O–H groups in total. The minimum absolute atomic E-state index is 0.0381. The fraction of sp³-hybridized carbons (Fsp3) is 0.360. The molecule has 0 bridgehead atoms. The second kappa shape index (κ2) is 11.1. The summed E-state index contributed by atoms with van der Waals surface area (Å²) in [4.78, 5) is 31.6. The van der Waals surface area contributed by atoms with Crippen LogP contribution >= 0.6 is 0 Å². The molecule has 9 nitrogen and oxygen atoms in total. The lowest BCUT2D eigenvalue weighted by molar-refractivity contribution is -0.130. The van der Waals surface area contributed by atoms with Crippen LogP contribution in [0.25, 0.3) is 11.3 Å². The maximum absolute atomic E-state index is 13.5. The van der Waals surface area contributed by atoms with Gasteiger partial charge in [-0.2, -0.15) is 5.10 Å². The average molecular weight is 480 g/mol. The molecule has 4 rings (SSSR count). The molecule has 1 atom stereocenters. The Bertz CT molecular complexity index is 1200. The van der Waals surface area contributed by atoms with Crippen LogP contribution in [0.3, 0.4) is 0 Å². The summed E-state index contributed by atoms with van der Waals surface area (Å²) in [5.41, 5.74) is 8.27. The Labute approximate surface area is 203 Å². The van der Waals surface area contributed by atoms with Crippen LogP contribution in [0, 0.1) is 5.82 Å². The molecule has 3 heterocycles. The third-order valence-electron chi connectivity index (χ3n) is 6.11. The molecule has 1 aliphatic heterocycles. The van der Waals surface area contributed by atoms with Gasteiger partial charge in [0.05, 0.1) is 24.0 Å². The van der Waals surface area contributed by atoms with E-state index in [1.807, 2.05) is 19.3 Å². The predicted octanol–water partition coefficient (Wildman–Crippen LogP) is 1.96. The van der Waals surface area contributed by atoms with Gasteiger partial charge in [-0.3, -0.25) is 14.3 Å². The van der Waals surface area contributed by atoms with Crippen LogP contribution in [-0.2, 0) is 18.3 Å². The minimum atomic E-state index is -0.284. The van der Waals surface area contributed by atoms with Gasteiger partial charge in [-0.25, -0.2) is 9.37 Å². The number of nitrogens with two attached hydrogens (primary N) is 1. The van der Waals surface area contributed by atoms with E-state index in [0.29, 0.717) is 43.1 Å². The van der Waals surface area contributed by atoms with Crippen molar-refractivity contribution in [3.8, 4) is 11.3 Å². The van der Waals surface area contributed by atoms with Crippen molar-refractivity contribution in [3.05, 3.63) is 65.7 Å².